The lowest BCUT2D eigenvalue weighted by Gasteiger charge is -2.32. The first-order chi connectivity index (χ1) is 7.22. The third kappa shape index (κ3) is 0.947. The molecule has 15 heavy (non-hydrogen) atoms. The molecule has 0 saturated heterocycles. The van der Waals surface area contributed by atoms with Crippen LogP contribution in [0.15, 0.2) is 52.9 Å². The fourth-order valence-electron chi connectivity index (χ4n) is 2.24. The zero-order chi connectivity index (χ0) is 10.5. The summed E-state index contributed by atoms with van der Waals surface area (Å²) in [5.41, 5.74) is 1.38. The first kappa shape index (κ1) is 8.41. The summed E-state index contributed by atoms with van der Waals surface area (Å²) in [5.74, 6) is -0.404. The van der Waals surface area contributed by atoms with Crippen LogP contribution in [0.4, 0.5) is 0 Å². The molecule has 3 rings (SSSR count). The highest BCUT2D eigenvalue weighted by molar-refractivity contribution is 6.16. The minimum Gasteiger partial charge on any atom is -0.504 e. The molecule has 1 aliphatic heterocycles. The molecule has 74 valence electrons. The first-order valence-electron chi connectivity index (χ1n) is 4.81. The molecule has 0 radical (unpaired) electrons. The number of carbonyl (C=O) groups excluding carboxylic acids is 1. The van der Waals surface area contributed by atoms with Crippen LogP contribution in [0, 0.1) is 5.41 Å². The van der Waals surface area contributed by atoms with E-state index in [0.717, 1.165) is 11.3 Å². The number of carbonyl (C=O) groups is 1. The molecule has 1 N–H and O–H groups in total. The number of nitrogens with zero attached hydrogens (tertiary/aromatic N) is 1. The van der Waals surface area contributed by atoms with Gasteiger partial charge < -0.3 is 5.11 Å². The van der Waals surface area contributed by atoms with Crippen LogP contribution in [-0.2, 0) is 4.79 Å². The molecule has 0 amide bonds. The monoisotopic (exact) mass is 199 g/mol. The molecular formula is C12H9NO2. The van der Waals surface area contributed by atoms with E-state index in [9.17, 15) is 9.90 Å². The molecule has 0 aromatic heterocycles. The van der Waals surface area contributed by atoms with E-state index in [0.29, 0.717) is 0 Å². The molecule has 0 fully saturated rings. The number of aliphatic hydroxyl groups is 1. The molecule has 2 aliphatic carbocycles. The number of Topliss-reactive ketones (excluding diaryl/α,β-unsaturated/α-hetero) is 1. The summed E-state index contributed by atoms with van der Waals surface area (Å²) in [6, 6.07) is 0. The Morgan fingerprint density at radius 3 is 3.13 bits per heavy atom. The van der Waals surface area contributed by atoms with Crippen molar-refractivity contribution in [3.8, 4) is 0 Å². The van der Waals surface area contributed by atoms with Gasteiger partial charge in [0.1, 0.15) is 0 Å². The van der Waals surface area contributed by atoms with E-state index in [-0.39, 0.29) is 18.0 Å². The van der Waals surface area contributed by atoms with Crippen LogP contribution in [0.1, 0.15) is 6.42 Å². The quantitative estimate of drug-likeness (QED) is 0.647. The van der Waals surface area contributed by atoms with Gasteiger partial charge in [-0.3, -0.25) is 9.79 Å². The van der Waals surface area contributed by atoms with Crippen molar-refractivity contribution >= 4 is 11.5 Å². The minimum atomic E-state index is -0.405. The highest BCUT2D eigenvalue weighted by atomic mass is 16.3. The maximum atomic E-state index is 11.5. The standard InChI is InChI=1S/C12H9NO2/c14-9-5-11-12(6-10(9)15)4-2-1-3-8(12)7-13-11/h1-5,7,14H,6H2. The van der Waals surface area contributed by atoms with Gasteiger partial charge in [-0.1, -0.05) is 24.3 Å². The van der Waals surface area contributed by atoms with Crippen molar-refractivity contribution in [2.75, 3.05) is 0 Å². The normalized spacial score (nSPS) is 31.7. The van der Waals surface area contributed by atoms with Crippen molar-refractivity contribution in [1.82, 2.24) is 0 Å². The zero-order valence-corrected chi connectivity index (χ0v) is 7.97. The molecule has 0 aromatic rings. The lowest BCUT2D eigenvalue weighted by atomic mass is 9.69. The van der Waals surface area contributed by atoms with Crippen molar-refractivity contribution < 1.29 is 9.90 Å². The zero-order valence-electron chi connectivity index (χ0n) is 7.97. The Bertz CT molecular complexity index is 506. The number of aliphatic imine (C=N–C) groups is 1. The summed E-state index contributed by atoms with van der Waals surface area (Å²) in [6.45, 7) is 0. The number of hydrogen-bond donors (Lipinski definition) is 1. The van der Waals surface area contributed by atoms with Gasteiger partial charge in [-0.2, -0.15) is 0 Å². The van der Waals surface area contributed by atoms with E-state index in [4.69, 9.17) is 0 Å². The summed E-state index contributed by atoms with van der Waals surface area (Å²) in [4.78, 5) is 15.8. The van der Waals surface area contributed by atoms with Gasteiger partial charge in [0, 0.05) is 18.7 Å². The molecule has 3 heteroatoms. The van der Waals surface area contributed by atoms with Crippen molar-refractivity contribution in [2.45, 2.75) is 6.42 Å². The Balaban J connectivity index is 2.18. The van der Waals surface area contributed by atoms with E-state index >= 15 is 0 Å². The third-order valence-corrected chi connectivity index (χ3v) is 3.08. The van der Waals surface area contributed by atoms with Crippen molar-refractivity contribution in [3.05, 3.63) is 47.9 Å². The second kappa shape index (κ2) is 2.57. The van der Waals surface area contributed by atoms with Crippen LogP contribution in [0.3, 0.4) is 0 Å². The maximum absolute atomic E-state index is 11.5. The first-order valence-corrected chi connectivity index (χ1v) is 4.81. The molecule has 1 spiro atoms. The predicted octanol–water partition coefficient (Wildman–Crippen LogP) is 1.85. The Morgan fingerprint density at radius 1 is 1.40 bits per heavy atom. The molecule has 3 aliphatic rings. The SMILES string of the molecule is O=C1CC23C=CC=CC2=CN=C3C=C1O. The number of aliphatic hydroxyl groups excluding tert-OH is 1. The van der Waals surface area contributed by atoms with Gasteiger partial charge in [-0.15, -0.1) is 0 Å². The third-order valence-electron chi connectivity index (χ3n) is 3.08. The largest absolute Gasteiger partial charge is 0.504 e. The van der Waals surface area contributed by atoms with Crippen molar-refractivity contribution in [2.24, 2.45) is 10.4 Å². The summed E-state index contributed by atoms with van der Waals surface area (Å²) >= 11 is 0. The van der Waals surface area contributed by atoms with E-state index in [1.165, 1.54) is 6.08 Å². The van der Waals surface area contributed by atoms with E-state index in [1.54, 1.807) is 6.20 Å². The highest BCUT2D eigenvalue weighted by Gasteiger charge is 2.44. The maximum Gasteiger partial charge on any atom is 0.198 e. The van der Waals surface area contributed by atoms with E-state index < -0.39 is 5.41 Å². The average Bonchev–Trinajstić information content (AvgIpc) is 2.58. The van der Waals surface area contributed by atoms with Gasteiger partial charge in [0.15, 0.2) is 11.5 Å². The Kier molecular flexibility index (Phi) is 1.44. The average molecular weight is 199 g/mol. The van der Waals surface area contributed by atoms with Crippen molar-refractivity contribution in [1.29, 1.82) is 0 Å². The molecule has 0 aromatic carbocycles. The summed E-state index contributed by atoms with van der Waals surface area (Å²) < 4.78 is 0. The summed E-state index contributed by atoms with van der Waals surface area (Å²) in [6.07, 6.45) is 11.3. The molecule has 1 heterocycles. The van der Waals surface area contributed by atoms with Gasteiger partial charge in [0.25, 0.3) is 0 Å². The van der Waals surface area contributed by atoms with Gasteiger partial charge in [-0.25, -0.2) is 0 Å². The Morgan fingerprint density at radius 2 is 2.27 bits per heavy atom. The molecular weight excluding hydrogens is 190 g/mol. The Hall–Kier alpha value is -1.90. The van der Waals surface area contributed by atoms with Gasteiger partial charge in [-0.05, 0) is 5.57 Å². The summed E-state index contributed by atoms with van der Waals surface area (Å²) in [5, 5.41) is 9.38. The minimum absolute atomic E-state index is 0.183. The van der Waals surface area contributed by atoms with Gasteiger partial charge >= 0.3 is 0 Å². The second-order valence-electron chi connectivity index (χ2n) is 3.92. The molecule has 3 nitrogen and oxygen atoms in total. The number of ketones is 1. The van der Waals surface area contributed by atoms with Crippen LogP contribution in [0.5, 0.6) is 0 Å². The van der Waals surface area contributed by atoms with Crippen LogP contribution in [0.25, 0.3) is 0 Å². The molecule has 0 saturated carbocycles. The van der Waals surface area contributed by atoms with Gasteiger partial charge in [0.05, 0.1) is 11.1 Å². The topological polar surface area (TPSA) is 49.7 Å². The molecule has 1 atom stereocenters. The second-order valence-corrected chi connectivity index (χ2v) is 3.92. The highest BCUT2D eigenvalue weighted by Crippen LogP contribution is 2.45. The summed E-state index contributed by atoms with van der Waals surface area (Å²) in [7, 11) is 0. The number of rotatable bonds is 0. The number of hydrogen-bond acceptors (Lipinski definition) is 3. The lowest BCUT2D eigenvalue weighted by molar-refractivity contribution is -0.119. The van der Waals surface area contributed by atoms with Crippen LogP contribution >= 0.6 is 0 Å². The van der Waals surface area contributed by atoms with E-state index in [2.05, 4.69) is 4.99 Å². The fourth-order valence-corrected chi connectivity index (χ4v) is 2.24. The van der Waals surface area contributed by atoms with Crippen LogP contribution < -0.4 is 0 Å². The van der Waals surface area contributed by atoms with E-state index in [1.807, 2.05) is 24.3 Å². The Labute approximate surface area is 86.8 Å². The smallest absolute Gasteiger partial charge is 0.198 e. The fraction of sp³-hybridized carbons (Fsp3) is 0.167. The molecule has 0 bridgehead atoms. The number of allylic oxidation sites excluding steroid dienone is 7. The van der Waals surface area contributed by atoms with Crippen molar-refractivity contribution in [3.63, 3.8) is 0 Å². The lowest BCUT2D eigenvalue weighted by Crippen LogP contribution is -2.35. The molecule has 1 unspecified atom stereocenters. The van der Waals surface area contributed by atoms with Gasteiger partial charge in [0.2, 0.25) is 0 Å². The predicted molar refractivity (Wildman–Crippen MR) is 56.6 cm³/mol. The van der Waals surface area contributed by atoms with Crippen LogP contribution in [-0.4, -0.2) is 16.6 Å². The van der Waals surface area contributed by atoms with Crippen LogP contribution in [0.2, 0.25) is 0 Å².